The van der Waals surface area contributed by atoms with E-state index >= 15 is 0 Å². The molecule has 0 radical (unpaired) electrons. The van der Waals surface area contributed by atoms with Gasteiger partial charge in [-0.15, -0.1) is 0 Å². The molecular weight excluding hydrogens is 458 g/mol. The first kappa shape index (κ1) is 24.1. The molecule has 1 aliphatic rings. The van der Waals surface area contributed by atoms with E-state index in [2.05, 4.69) is 15.9 Å². The molecule has 1 aromatic rings. The molecule has 1 fully saturated rings. The number of nitrogens with zero attached hydrogens (tertiary/aromatic N) is 3. The maximum absolute atomic E-state index is 13.3. The van der Waals surface area contributed by atoms with E-state index in [-0.39, 0.29) is 17.0 Å². The molecule has 0 atom stereocenters. The fourth-order valence-electron chi connectivity index (χ4n) is 3.20. The van der Waals surface area contributed by atoms with Crippen LogP contribution in [0, 0.1) is 0 Å². The maximum Gasteiger partial charge on any atom is 0.410 e. The van der Waals surface area contributed by atoms with E-state index in [1.54, 1.807) is 33.5 Å². The third-order valence-electron chi connectivity index (χ3n) is 4.71. The molecule has 0 N–H and O–H groups in total. The van der Waals surface area contributed by atoms with Crippen LogP contribution >= 0.6 is 15.9 Å². The van der Waals surface area contributed by atoms with E-state index in [1.165, 1.54) is 0 Å². The van der Waals surface area contributed by atoms with Crippen LogP contribution in [0.5, 0.6) is 0 Å². The number of hydrogen-bond acceptors (Lipinski definition) is 5. The molecule has 0 bridgehead atoms. The van der Waals surface area contributed by atoms with Crippen LogP contribution in [-0.4, -0.2) is 80.5 Å². The van der Waals surface area contributed by atoms with Gasteiger partial charge in [0, 0.05) is 36.7 Å². The van der Waals surface area contributed by atoms with Gasteiger partial charge in [-0.2, -0.15) is 4.31 Å². The number of hydrogen-bond donors (Lipinski definition) is 0. The van der Waals surface area contributed by atoms with Crippen LogP contribution in [0.3, 0.4) is 0 Å². The van der Waals surface area contributed by atoms with Gasteiger partial charge >= 0.3 is 6.09 Å². The van der Waals surface area contributed by atoms with Crippen LogP contribution in [0.15, 0.2) is 33.6 Å². The Balaban J connectivity index is 2.15. The molecule has 9 heteroatoms. The Morgan fingerprint density at radius 3 is 2.17 bits per heavy atom. The lowest BCUT2D eigenvalue weighted by molar-refractivity contribution is 0.0177. The van der Waals surface area contributed by atoms with Crippen molar-refractivity contribution in [1.82, 2.24) is 14.1 Å². The van der Waals surface area contributed by atoms with E-state index < -0.39 is 15.6 Å². The smallest absolute Gasteiger partial charge is 0.410 e. The van der Waals surface area contributed by atoms with Gasteiger partial charge in [0.25, 0.3) is 0 Å². The third-order valence-corrected chi connectivity index (χ3v) is 7.21. The molecule has 7 nitrogen and oxygen atoms in total. The number of likely N-dealkylation sites (N-methyl/N-ethyl adjacent to an activating group) is 1. The van der Waals surface area contributed by atoms with Gasteiger partial charge in [0.15, 0.2) is 0 Å². The van der Waals surface area contributed by atoms with Crippen molar-refractivity contribution in [1.29, 1.82) is 0 Å². The Labute approximate surface area is 183 Å². The summed E-state index contributed by atoms with van der Waals surface area (Å²) < 4.78 is 34.6. The highest BCUT2D eigenvalue weighted by Crippen LogP contribution is 2.26. The van der Waals surface area contributed by atoms with E-state index in [1.807, 2.05) is 39.8 Å². The zero-order chi connectivity index (χ0) is 21.8. The normalized spacial score (nSPS) is 16.5. The summed E-state index contributed by atoms with van der Waals surface area (Å²) in [5, 5.41) is 0. The molecule has 2 rings (SSSR count). The second-order valence-corrected chi connectivity index (χ2v) is 11.4. The summed E-state index contributed by atoms with van der Waals surface area (Å²) in [7, 11) is 0.224. The number of amides is 1. The molecule has 1 amide bonds. The third kappa shape index (κ3) is 6.94. The number of sulfonamides is 1. The largest absolute Gasteiger partial charge is 0.444 e. The SMILES string of the molecule is CN(C)CCN(C1CCN(C(=O)OC(C)(C)C)CC1)S(=O)(=O)c1ccc(Br)cc1. The molecule has 0 aliphatic carbocycles. The molecule has 29 heavy (non-hydrogen) atoms. The van der Waals surface area contributed by atoms with Crippen molar-refractivity contribution in [2.75, 3.05) is 40.3 Å². The second-order valence-electron chi connectivity index (χ2n) is 8.57. The Hall–Kier alpha value is -1.16. The topological polar surface area (TPSA) is 70.2 Å². The number of carbonyl (C=O) groups excluding carboxylic acids is 1. The molecule has 0 aromatic heterocycles. The maximum atomic E-state index is 13.3. The predicted molar refractivity (Wildman–Crippen MR) is 117 cm³/mol. The number of halogens is 1. The lowest BCUT2D eigenvalue weighted by Gasteiger charge is -2.38. The summed E-state index contributed by atoms with van der Waals surface area (Å²) in [6, 6.07) is 6.57. The van der Waals surface area contributed by atoms with Crippen LogP contribution in [0.2, 0.25) is 0 Å². The summed E-state index contributed by atoms with van der Waals surface area (Å²) in [6.45, 7) is 7.51. The van der Waals surface area contributed by atoms with E-state index in [4.69, 9.17) is 4.74 Å². The minimum absolute atomic E-state index is 0.151. The molecule has 1 aliphatic heterocycles. The first-order valence-electron chi connectivity index (χ1n) is 9.80. The monoisotopic (exact) mass is 489 g/mol. The van der Waals surface area contributed by atoms with E-state index in [0.717, 1.165) is 4.47 Å². The van der Waals surface area contributed by atoms with Crippen LogP contribution < -0.4 is 0 Å². The number of benzene rings is 1. The van der Waals surface area contributed by atoms with Gasteiger partial charge in [0.05, 0.1) is 4.90 Å². The van der Waals surface area contributed by atoms with Crippen molar-refractivity contribution < 1.29 is 17.9 Å². The molecule has 0 saturated carbocycles. The molecule has 1 aromatic carbocycles. The number of piperidine rings is 1. The second kappa shape index (κ2) is 9.76. The Bertz CT molecular complexity index is 783. The minimum Gasteiger partial charge on any atom is -0.444 e. The quantitative estimate of drug-likeness (QED) is 0.612. The van der Waals surface area contributed by atoms with Gasteiger partial charge < -0.3 is 14.5 Å². The number of ether oxygens (including phenoxy) is 1. The van der Waals surface area contributed by atoms with Gasteiger partial charge in [-0.25, -0.2) is 13.2 Å². The minimum atomic E-state index is -3.63. The van der Waals surface area contributed by atoms with Crippen molar-refractivity contribution in [3.63, 3.8) is 0 Å². The van der Waals surface area contributed by atoms with E-state index in [9.17, 15) is 13.2 Å². The van der Waals surface area contributed by atoms with Crippen molar-refractivity contribution >= 4 is 32.0 Å². The van der Waals surface area contributed by atoms with Crippen molar-refractivity contribution in [2.24, 2.45) is 0 Å². The Kier molecular flexibility index (Phi) is 8.12. The Morgan fingerprint density at radius 2 is 1.69 bits per heavy atom. The summed E-state index contributed by atoms with van der Waals surface area (Å²) in [5.41, 5.74) is -0.545. The van der Waals surface area contributed by atoms with Gasteiger partial charge in [-0.1, -0.05) is 15.9 Å². The highest BCUT2D eigenvalue weighted by atomic mass is 79.9. The zero-order valence-electron chi connectivity index (χ0n) is 17.9. The fourth-order valence-corrected chi connectivity index (χ4v) is 5.14. The highest BCUT2D eigenvalue weighted by Gasteiger charge is 2.35. The van der Waals surface area contributed by atoms with Gasteiger partial charge in [-0.05, 0) is 72.0 Å². The highest BCUT2D eigenvalue weighted by molar-refractivity contribution is 9.10. The molecule has 0 unspecified atom stereocenters. The van der Waals surface area contributed by atoms with Crippen molar-refractivity contribution in [2.45, 2.75) is 50.2 Å². The lowest BCUT2D eigenvalue weighted by Crippen LogP contribution is -2.50. The standard InChI is InChI=1S/C20H32BrN3O4S/c1-20(2,3)28-19(25)23-12-10-17(11-13-23)24(15-14-22(4)5)29(26,27)18-8-6-16(21)7-9-18/h6-9,17H,10-15H2,1-5H3. The van der Waals surface area contributed by atoms with Crippen LogP contribution in [0.25, 0.3) is 0 Å². The van der Waals surface area contributed by atoms with Gasteiger partial charge in [0.2, 0.25) is 10.0 Å². The van der Waals surface area contributed by atoms with Gasteiger partial charge in [0.1, 0.15) is 5.60 Å². The van der Waals surface area contributed by atoms with E-state index in [0.29, 0.717) is 39.0 Å². The molecule has 0 spiro atoms. The number of rotatable bonds is 6. The predicted octanol–water partition coefficient (Wildman–Crippen LogP) is 3.40. The van der Waals surface area contributed by atoms with Crippen LogP contribution in [-0.2, 0) is 14.8 Å². The summed E-state index contributed by atoms with van der Waals surface area (Å²) in [5.74, 6) is 0. The summed E-state index contributed by atoms with van der Waals surface area (Å²) >= 11 is 3.35. The van der Waals surface area contributed by atoms with Crippen molar-refractivity contribution in [3.8, 4) is 0 Å². The first-order chi connectivity index (χ1) is 13.4. The summed E-state index contributed by atoms with van der Waals surface area (Å²) in [6.07, 6.45) is 0.830. The van der Waals surface area contributed by atoms with Crippen molar-refractivity contribution in [3.05, 3.63) is 28.7 Å². The number of carbonyl (C=O) groups is 1. The zero-order valence-corrected chi connectivity index (χ0v) is 20.3. The summed E-state index contributed by atoms with van der Waals surface area (Å²) in [4.78, 5) is 16.2. The fraction of sp³-hybridized carbons (Fsp3) is 0.650. The molecule has 1 heterocycles. The molecular formula is C20H32BrN3O4S. The van der Waals surface area contributed by atoms with Crippen LogP contribution in [0.1, 0.15) is 33.6 Å². The molecule has 1 saturated heterocycles. The number of likely N-dealkylation sites (tertiary alicyclic amines) is 1. The average molecular weight is 490 g/mol. The Morgan fingerprint density at radius 1 is 1.14 bits per heavy atom. The molecule has 164 valence electrons. The lowest BCUT2D eigenvalue weighted by atomic mass is 10.1. The van der Waals surface area contributed by atoms with Crippen LogP contribution in [0.4, 0.5) is 4.79 Å². The van der Waals surface area contributed by atoms with Gasteiger partial charge in [-0.3, -0.25) is 0 Å². The average Bonchev–Trinajstić information content (AvgIpc) is 2.61. The first-order valence-corrected chi connectivity index (χ1v) is 12.0.